The highest BCUT2D eigenvalue weighted by atomic mass is 32.2. The van der Waals surface area contributed by atoms with E-state index in [2.05, 4.69) is 15.2 Å². The molecule has 3 fully saturated rings. The summed E-state index contributed by atoms with van der Waals surface area (Å²) in [5.41, 5.74) is -0.566. The van der Waals surface area contributed by atoms with E-state index in [1.165, 1.54) is 25.7 Å². The molecule has 0 aromatic carbocycles. The van der Waals surface area contributed by atoms with Gasteiger partial charge in [-0.2, -0.15) is 11.8 Å². The van der Waals surface area contributed by atoms with Crippen LogP contribution in [0.25, 0.3) is 0 Å². The number of aliphatic imine (C=N–C) groups is 1. The van der Waals surface area contributed by atoms with Crippen molar-refractivity contribution in [2.45, 2.75) is 56.7 Å². The van der Waals surface area contributed by atoms with E-state index in [9.17, 15) is 5.11 Å². The Labute approximate surface area is 150 Å². The van der Waals surface area contributed by atoms with Gasteiger partial charge in [-0.3, -0.25) is 4.99 Å². The van der Waals surface area contributed by atoms with Gasteiger partial charge in [0, 0.05) is 39.0 Å². The lowest BCUT2D eigenvalue weighted by Crippen LogP contribution is -2.51. The normalized spacial score (nSPS) is 30.2. The maximum atomic E-state index is 10.5. The third-order valence-corrected chi connectivity index (χ3v) is 6.89. The molecule has 6 heteroatoms. The lowest BCUT2D eigenvalue weighted by Gasteiger charge is -2.35. The van der Waals surface area contributed by atoms with Crippen molar-refractivity contribution in [3.8, 4) is 0 Å². The molecular weight excluding hydrogens is 322 g/mol. The SMILES string of the molecule is CN=C(NCC1(O)CCSC1)N1CCC(OCC2CCCC2)CC1. The number of guanidine groups is 1. The van der Waals surface area contributed by atoms with Gasteiger partial charge in [0.05, 0.1) is 11.7 Å². The number of hydrogen-bond acceptors (Lipinski definition) is 4. The van der Waals surface area contributed by atoms with Gasteiger partial charge in [0.15, 0.2) is 5.96 Å². The van der Waals surface area contributed by atoms with E-state index < -0.39 is 5.60 Å². The monoisotopic (exact) mass is 355 g/mol. The van der Waals surface area contributed by atoms with Crippen LogP contribution in [0.4, 0.5) is 0 Å². The van der Waals surface area contributed by atoms with Gasteiger partial charge in [-0.15, -0.1) is 0 Å². The van der Waals surface area contributed by atoms with Crippen molar-refractivity contribution < 1.29 is 9.84 Å². The Morgan fingerprint density at radius 2 is 2.04 bits per heavy atom. The summed E-state index contributed by atoms with van der Waals surface area (Å²) in [6.45, 7) is 3.54. The summed E-state index contributed by atoms with van der Waals surface area (Å²) in [6.07, 6.45) is 8.93. The molecule has 1 unspecified atom stereocenters. The molecule has 0 bridgehead atoms. The van der Waals surface area contributed by atoms with E-state index in [4.69, 9.17) is 4.74 Å². The molecule has 0 spiro atoms. The van der Waals surface area contributed by atoms with Crippen LogP contribution in [0.3, 0.4) is 0 Å². The van der Waals surface area contributed by atoms with Gasteiger partial charge >= 0.3 is 0 Å². The second-order valence-electron chi connectivity index (χ2n) is 7.60. The second-order valence-corrected chi connectivity index (χ2v) is 8.70. The van der Waals surface area contributed by atoms with Crippen molar-refractivity contribution in [2.75, 3.05) is 44.8 Å². The number of hydrogen-bond donors (Lipinski definition) is 2. The first-order chi connectivity index (χ1) is 11.7. The predicted molar refractivity (Wildman–Crippen MR) is 101 cm³/mol. The zero-order valence-electron chi connectivity index (χ0n) is 15.0. The van der Waals surface area contributed by atoms with Gasteiger partial charge in [-0.1, -0.05) is 12.8 Å². The molecule has 2 saturated heterocycles. The Morgan fingerprint density at radius 1 is 1.29 bits per heavy atom. The van der Waals surface area contributed by atoms with Crippen molar-refractivity contribution >= 4 is 17.7 Å². The quantitative estimate of drug-likeness (QED) is 0.584. The van der Waals surface area contributed by atoms with Crippen molar-refractivity contribution in [3.63, 3.8) is 0 Å². The molecule has 24 heavy (non-hydrogen) atoms. The third-order valence-electron chi connectivity index (χ3n) is 5.65. The number of nitrogens with zero attached hydrogens (tertiary/aromatic N) is 2. The largest absolute Gasteiger partial charge is 0.387 e. The summed E-state index contributed by atoms with van der Waals surface area (Å²) < 4.78 is 6.16. The molecule has 5 nitrogen and oxygen atoms in total. The maximum absolute atomic E-state index is 10.5. The zero-order valence-corrected chi connectivity index (χ0v) is 15.8. The number of rotatable bonds is 5. The fourth-order valence-corrected chi connectivity index (χ4v) is 5.29. The number of nitrogens with one attached hydrogen (secondary N) is 1. The fourth-order valence-electron chi connectivity index (χ4n) is 4.00. The number of aliphatic hydroxyl groups is 1. The lowest BCUT2D eigenvalue weighted by atomic mass is 10.0. The van der Waals surface area contributed by atoms with Crippen molar-refractivity contribution in [2.24, 2.45) is 10.9 Å². The fraction of sp³-hybridized carbons (Fsp3) is 0.944. The second kappa shape index (κ2) is 8.77. The standard InChI is InChI=1S/C18H33N3O2S/c1-19-17(20-13-18(22)8-11-24-14-18)21-9-6-16(7-10-21)23-12-15-4-2-3-5-15/h15-16,22H,2-14H2,1H3,(H,19,20). The van der Waals surface area contributed by atoms with Crippen LogP contribution < -0.4 is 5.32 Å². The van der Waals surface area contributed by atoms with Crippen LogP contribution in [0.1, 0.15) is 44.9 Å². The van der Waals surface area contributed by atoms with Crippen LogP contribution in [-0.4, -0.2) is 72.5 Å². The minimum absolute atomic E-state index is 0.412. The third kappa shape index (κ3) is 5.02. The van der Waals surface area contributed by atoms with Crippen molar-refractivity contribution in [1.29, 1.82) is 0 Å². The molecule has 0 radical (unpaired) electrons. The maximum Gasteiger partial charge on any atom is 0.193 e. The Balaban J connectivity index is 1.37. The zero-order chi connectivity index (χ0) is 16.8. The van der Waals surface area contributed by atoms with E-state index in [0.717, 1.165) is 62.3 Å². The molecule has 2 N–H and O–H groups in total. The van der Waals surface area contributed by atoms with Crippen LogP contribution >= 0.6 is 11.8 Å². The molecule has 0 aromatic heterocycles. The number of ether oxygens (including phenoxy) is 1. The van der Waals surface area contributed by atoms with E-state index in [1.54, 1.807) is 0 Å². The van der Waals surface area contributed by atoms with Gasteiger partial charge in [0.25, 0.3) is 0 Å². The average molecular weight is 356 g/mol. The van der Waals surface area contributed by atoms with E-state index >= 15 is 0 Å². The molecule has 1 atom stereocenters. The summed E-state index contributed by atoms with van der Waals surface area (Å²) in [5.74, 6) is 3.62. The molecule has 3 aliphatic rings. The number of thioether (sulfide) groups is 1. The Morgan fingerprint density at radius 3 is 2.67 bits per heavy atom. The van der Waals surface area contributed by atoms with Crippen LogP contribution in [-0.2, 0) is 4.74 Å². The molecule has 138 valence electrons. The molecule has 1 saturated carbocycles. The van der Waals surface area contributed by atoms with Crippen LogP contribution in [0.5, 0.6) is 0 Å². The van der Waals surface area contributed by atoms with Crippen LogP contribution in [0, 0.1) is 5.92 Å². The highest BCUT2D eigenvalue weighted by Crippen LogP contribution is 2.27. The molecular formula is C18H33N3O2S. The highest BCUT2D eigenvalue weighted by molar-refractivity contribution is 7.99. The van der Waals surface area contributed by atoms with Crippen molar-refractivity contribution in [3.05, 3.63) is 0 Å². The van der Waals surface area contributed by atoms with Gasteiger partial charge in [0.2, 0.25) is 0 Å². The number of likely N-dealkylation sites (tertiary alicyclic amines) is 1. The minimum Gasteiger partial charge on any atom is -0.387 e. The van der Waals surface area contributed by atoms with E-state index in [0.29, 0.717) is 12.6 Å². The summed E-state index contributed by atoms with van der Waals surface area (Å²) in [6, 6.07) is 0. The number of piperidine rings is 1. The summed E-state index contributed by atoms with van der Waals surface area (Å²) in [7, 11) is 1.83. The molecule has 3 rings (SSSR count). The van der Waals surface area contributed by atoms with Crippen LogP contribution in [0.15, 0.2) is 4.99 Å². The first kappa shape index (κ1) is 18.3. The average Bonchev–Trinajstić information content (AvgIpc) is 3.27. The topological polar surface area (TPSA) is 57.1 Å². The summed E-state index contributed by atoms with van der Waals surface area (Å²) in [5, 5.41) is 13.9. The van der Waals surface area contributed by atoms with Gasteiger partial charge < -0.3 is 20.1 Å². The first-order valence-corrected chi connectivity index (χ1v) is 10.7. The van der Waals surface area contributed by atoms with E-state index in [1.807, 2.05) is 18.8 Å². The Kier molecular flexibility index (Phi) is 6.70. The van der Waals surface area contributed by atoms with Gasteiger partial charge in [-0.05, 0) is 43.8 Å². The van der Waals surface area contributed by atoms with E-state index in [-0.39, 0.29) is 0 Å². The minimum atomic E-state index is -0.566. The molecule has 2 aliphatic heterocycles. The van der Waals surface area contributed by atoms with Crippen molar-refractivity contribution in [1.82, 2.24) is 10.2 Å². The van der Waals surface area contributed by atoms with Gasteiger partial charge in [0.1, 0.15) is 0 Å². The Bertz CT molecular complexity index is 412. The Hall–Kier alpha value is -0.460. The molecule has 2 heterocycles. The van der Waals surface area contributed by atoms with Gasteiger partial charge in [-0.25, -0.2) is 0 Å². The molecule has 0 aromatic rings. The lowest BCUT2D eigenvalue weighted by molar-refractivity contribution is 0.000701. The summed E-state index contributed by atoms with van der Waals surface area (Å²) in [4.78, 5) is 6.72. The highest BCUT2D eigenvalue weighted by Gasteiger charge is 2.32. The van der Waals surface area contributed by atoms with Crippen LogP contribution in [0.2, 0.25) is 0 Å². The first-order valence-electron chi connectivity index (χ1n) is 9.56. The molecule has 0 amide bonds. The smallest absolute Gasteiger partial charge is 0.193 e. The molecule has 1 aliphatic carbocycles. The predicted octanol–water partition coefficient (Wildman–Crippen LogP) is 2.10. The summed E-state index contributed by atoms with van der Waals surface area (Å²) >= 11 is 1.83.